The SMILES string of the molecule is CC(NC(=O)c1cccc([N+](=O)[O-])c1N)c1ncn[nH]1. The number of nitrogens with one attached hydrogen (secondary N) is 2. The lowest BCUT2D eigenvalue weighted by Gasteiger charge is -2.12. The highest BCUT2D eigenvalue weighted by molar-refractivity contribution is 6.01. The quantitative estimate of drug-likeness (QED) is 0.428. The topological polar surface area (TPSA) is 140 Å². The van der Waals surface area contributed by atoms with E-state index in [-0.39, 0.29) is 16.9 Å². The molecule has 1 unspecified atom stereocenters. The number of hydrogen-bond acceptors (Lipinski definition) is 6. The maximum Gasteiger partial charge on any atom is 0.292 e. The standard InChI is InChI=1S/C11H12N6O3/c1-6(10-13-5-14-16-10)15-11(18)7-3-2-4-8(9(7)12)17(19)20/h2-6H,12H2,1H3,(H,15,18)(H,13,14,16). The van der Waals surface area contributed by atoms with Crippen LogP contribution in [-0.4, -0.2) is 26.0 Å². The molecule has 0 fully saturated rings. The fraction of sp³-hybridized carbons (Fsp3) is 0.182. The fourth-order valence-electron chi connectivity index (χ4n) is 1.68. The molecule has 1 heterocycles. The van der Waals surface area contributed by atoms with E-state index in [0.717, 1.165) is 0 Å². The van der Waals surface area contributed by atoms with Gasteiger partial charge in [-0.3, -0.25) is 20.0 Å². The van der Waals surface area contributed by atoms with Crippen molar-refractivity contribution >= 4 is 17.3 Å². The van der Waals surface area contributed by atoms with Crippen LogP contribution in [0.3, 0.4) is 0 Å². The zero-order chi connectivity index (χ0) is 14.7. The number of nitrogens with zero attached hydrogens (tertiary/aromatic N) is 3. The van der Waals surface area contributed by atoms with Crippen LogP contribution in [0.25, 0.3) is 0 Å². The molecule has 0 saturated heterocycles. The second-order valence-corrected chi connectivity index (χ2v) is 4.06. The Morgan fingerprint density at radius 3 is 2.90 bits per heavy atom. The van der Waals surface area contributed by atoms with Crippen LogP contribution in [0.4, 0.5) is 11.4 Å². The lowest BCUT2D eigenvalue weighted by atomic mass is 10.1. The smallest absolute Gasteiger partial charge is 0.292 e. The van der Waals surface area contributed by atoms with Crippen LogP contribution in [0.15, 0.2) is 24.5 Å². The Labute approximate surface area is 113 Å². The van der Waals surface area contributed by atoms with Crippen LogP contribution in [-0.2, 0) is 0 Å². The average molecular weight is 276 g/mol. The first-order valence-corrected chi connectivity index (χ1v) is 5.69. The summed E-state index contributed by atoms with van der Waals surface area (Å²) in [6, 6.07) is 3.64. The molecule has 9 heteroatoms. The van der Waals surface area contributed by atoms with Gasteiger partial charge in [0, 0.05) is 6.07 Å². The van der Waals surface area contributed by atoms with E-state index in [9.17, 15) is 14.9 Å². The number of carbonyl (C=O) groups excluding carboxylic acids is 1. The number of aromatic nitrogens is 3. The summed E-state index contributed by atoms with van der Waals surface area (Å²) in [4.78, 5) is 26.1. The van der Waals surface area contributed by atoms with E-state index < -0.39 is 16.9 Å². The summed E-state index contributed by atoms with van der Waals surface area (Å²) in [5.41, 5.74) is 5.22. The van der Waals surface area contributed by atoms with Crippen molar-refractivity contribution in [3.05, 3.63) is 46.0 Å². The molecule has 0 aliphatic heterocycles. The Morgan fingerprint density at radius 2 is 2.30 bits per heavy atom. The average Bonchev–Trinajstić information content (AvgIpc) is 2.92. The van der Waals surface area contributed by atoms with Crippen LogP contribution in [0.1, 0.15) is 29.1 Å². The Morgan fingerprint density at radius 1 is 1.55 bits per heavy atom. The number of amides is 1. The molecular formula is C11H12N6O3. The molecule has 2 rings (SSSR count). The zero-order valence-electron chi connectivity index (χ0n) is 10.5. The molecule has 1 aromatic carbocycles. The van der Waals surface area contributed by atoms with Crippen molar-refractivity contribution in [2.45, 2.75) is 13.0 Å². The largest absolute Gasteiger partial charge is 0.393 e. The Bertz CT molecular complexity index is 640. The number of nitro benzene ring substituents is 1. The number of benzene rings is 1. The van der Waals surface area contributed by atoms with Gasteiger partial charge < -0.3 is 11.1 Å². The van der Waals surface area contributed by atoms with E-state index in [4.69, 9.17) is 5.73 Å². The maximum atomic E-state index is 12.1. The number of aromatic amines is 1. The van der Waals surface area contributed by atoms with Gasteiger partial charge in [-0.15, -0.1) is 0 Å². The highest BCUT2D eigenvalue weighted by atomic mass is 16.6. The molecule has 0 spiro atoms. The minimum Gasteiger partial charge on any atom is -0.393 e. The molecule has 1 atom stereocenters. The van der Waals surface area contributed by atoms with Crippen molar-refractivity contribution in [1.29, 1.82) is 0 Å². The van der Waals surface area contributed by atoms with Crippen LogP contribution in [0.2, 0.25) is 0 Å². The number of nitrogens with two attached hydrogens (primary N) is 1. The monoisotopic (exact) mass is 276 g/mol. The van der Waals surface area contributed by atoms with Gasteiger partial charge in [0.2, 0.25) is 0 Å². The second-order valence-electron chi connectivity index (χ2n) is 4.06. The first kappa shape index (κ1) is 13.5. The van der Waals surface area contributed by atoms with Crippen LogP contribution in [0, 0.1) is 10.1 Å². The van der Waals surface area contributed by atoms with Gasteiger partial charge in [-0.2, -0.15) is 5.10 Å². The number of rotatable bonds is 4. The Balaban J connectivity index is 2.22. The van der Waals surface area contributed by atoms with Crippen LogP contribution in [0.5, 0.6) is 0 Å². The first-order chi connectivity index (χ1) is 9.50. The highest BCUT2D eigenvalue weighted by Crippen LogP contribution is 2.25. The van der Waals surface area contributed by atoms with Crippen molar-refractivity contribution < 1.29 is 9.72 Å². The van der Waals surface area contributed by atoms with Crippen LogP contribution >= 0.6 is 0 Å². The third kappa shape index (κ3) is 2.55. The summed E-state index contributed by atoms with van der Waals surface area (Å²) in [5.74, 6) is -0.0440. The first-order valence-electron chi connectivity index (χ1n) is 5.69. The van der Waals surface area contributed by atoms with Crippen LogP contribution < -0.4 is 11.1 Å². The van der Waals surface area contributed by atoms with Crippen molar-refractivity contribution in [3.63, 3.8) is 0 Å². The molecule has 0 aliphatic carbocycles. The number of para-hydroxylation sites is 1. The molecule has 0 saturated carbocycles. The number of nitrogen functional groups attached to an aromatic ring is 1. The number of hydrogen-bond donors (Lipinski definition) is 3. The lowest BCUT2D eigenvalue weighted by Crippen LogP contribution is -2.28. The van der Waals surface area contributed by atoms with E-state index in [2.05, 4.69) is 20.5 Å². The fourth-order valence-corrected chi connectivity index (χ4v) is 1.68. The predicted molar refractivity (Wildman–Crippen MR) is 69.8 cm³/mol. The molecule has 1 amide bonds. The molecule has 0 aliphatic rings. The van der Waals surface area contributed by atoms with E-state index >= 15 is 0 Å². The number of anilines is 1. The number of carbonyl (C=O) groups is 1. The zero-order valence-corrected chi connectivity index (χ0v) is 10.5. The van der Waals surface area contributed by atoms with Gasteiger partial charge >= 0.3 is 0 Å². The number of nitro groups is 1. The predicted octanol–water partition coefficient (Wildman–Crippen LogP) is 0.786. The van der Waals surface area contributed by atoms with Crippen molar-refractivity contribution in [3.8, 4) is 0 Å². The van der Waals surface area contributed by atoms with Gasteiger partial charge in [0.25, 0.3) is 11.6 Å². The van der Waals surface area contributed by atoms with E-state index in [0.29, 0.717) is 5.82 Å². The summed E-state index contributed by atoms with van der Waals surface area (Å²) in [6.07, 6.45) is 1.32. The molecule has 4 N–H and O–H groups in total. The summed E-state index contributed by atoms with van der Waals surface area (Å²) in [5, 5.41) is 19.7. The minimum absolute atomic E-state index is 0.0468. The van der Waals surface area contributed by atoms with Gasteiger partial charge in [-0.05, 0) is 13.0 Å². The molecule has 1 aromatic heterocycles. The molecule has 20 heavy (non-hydrogen) atoms. The van der Waals surface area contributed by atoms with E-state index in [1.54, 1.807) is 6.92 Å². The molecule has 2 aromatic rings. The summed E-state index contributed by atoms with van der Waals surface area (Å²) in [7, 11) is 0. The van der Waals surface area contributed by atoms with E-state index in [1.165, 1.54) is 24.5 Å². The summed E-state index contributed by atoms with van der Waals surface area (Å²) >= 11 is 0. The van der Waals surface area contributed by atoms with Crippen molar-refractivity contribution in [2.24, 2.45) is 0 Å². The van der Waals surface area contributed by atoms with Gasteiger partial charge in [0.05, 0.1) is 16.5 Å². The third-order valence-electron chi connectivity index (χ3n) is 2.72. The Hall–Kier alpha value is -2.97. The molecule has 9 nitrogen and oxygen atoms in total. The number of H-pyrrole nitrogens is 1. The molecule has 104 valence electrons. The minimum atomic E-state index is -0.633. The third-order valence-corrected chi connectivity index (χ3v) is 2.72. The van der Waals surface area contributed by atoms with E-state index in [1.807, 2.05) is 0 Å². The second kappa shape index (κ2) is 5.34. The van der Waals surface area contributed by atoms with Gasteiger partial charge in [-0.1, -0.05) is 6.07 Å². The molecule has 0 radical (unpaired) electrons. The lowest BCUT2D eigenvalue weighted by molar-refractivity contribution is -0.383. The van der Waals surface area contributed by atoms with Gasteiger partial charge in [0.15, 0.2) is 0 Å². The van der Waals surface area contributed by atoms with Crippen molar-refractivity contribution in [2.75, 3.05) is 5.73 Å². The highest BCUT2D eigenvalue weighted by Gasteiger charge is 2.20. The normalized spacial score (nSPS) is 11.8. The molecule has 0 bridgehead atoms. The molecular weight excluding hydrogens is 264 g/mol. The summed E-state index contributed by atoms with van der Waals surface area (Å²) in [6.45, 7) is 1.70. The van der Waals surface area contributed by atoms with Gasteiger partial charge in [-0.25, -0.2) is 4.98 Å². The Kier molecular flexibility index (Phi) is 3.60. The maximum absolute atomic E-state index is 12.1. The van der Waals surface area contributed by atoms with Gasteiger partial charge in [0.1, 0.15) is 17.8 Å². The van der Waals surface area contributed by atoms with Crippen molar-refractivity contribution in [1.82, 2.24) is 20.5 Å². The summed E-state index contributed by atoms with van der Waals surface area (Å²) < 4.78 is 0.